The smallest absolute Gasteiger partial charge is 0.213 e. The Balaban J connectivity index is 1.09. The SMILES string of the molecule is Cc1ccc2c(c1)nc(CN1CCC(c3cccc(OCc4ccc(Cl)cc4F)n3)CC1)n2CC1CCO1. The number of halogens is 2. The molecule has 0 radical (unpaired) electrons. The molecule has 4 heterocycles. The molecule has 198 valence electrons. The molecule has 2 aromatic carbocycles. The Bertz CT molecular complexity index is 1430. The van der Waals surface area contributed by atoms with Gasteiger partial charge in [-0.3, -0.25) is 4.90 Å². The number of ether oxygens (including phenoxy) is 2. The first-order chi connectivity index (χ1) is 18.5. The maximum Gasteiger partial charge on any atom is 0.213 e. The number of hydrogen-bond acceptors (Lipinski definition) is 5. The number of fused-ring (bicyclic) bond motifs is 1. The first-order valence-corrected chi connectivity index (χ1v) is 13.7. The minimum atomic E-state index is -0.370. The van der Waals surface area contributed by atoms with E-state index in [2.05, 4.69) is 40.7 Å². The summed E-state index contributed by atoms with van der Waals surface area (Å²) in [5.74, 6) is 1.63. The zero-order valence-corrected chi connectivity index (χ0v) is 22.3. The zero-order valence-electron chi connectivity index (χ0n) is 21.6. The van der Waals surface area contributed by atoms with Crippen LogP contribution < -0.4 is 4.74 Å². The van der Waals surface area contributed by atoms with Gasteiger partial charge in [0.25, 0.3) is 0 Å². The maximum absolute atomic E-state index is 14.1. The summed E-state index contributed by atoms with van der Waals surface area (Å²) in [6.07, 6.45) is 3.44. The van der Waals surface area contributed by atoms with Gasteiger partial charge < -0.3 is 14.0 Å². The van der Waals surface area contributed by atoms with Crippen LogP contribution in [-0.2, 0) is 24.4 Å². The molecule has 2 saturated heterocycles. The van der Waals surface area contributed by atoms with Crippen molar-refractivity contribution in [3.05, 3.63) is 88.1 Å². The first-order valence-electron chi connectivity index (χ1n) is 13.4. The second-order valence-corrected chi connectivity index (χ2v) is 10.8. The Morgan fingerprint density at radius 1 is 1.05 bits per heavy atom. The van der Waals surface area contributed by atoms with Gasteiger partial charge in [-0.05, 0) is 75.2 Å². The number of aromatic nitrogens is 3. The van der Waals surface area contributed by atoms with Crippen LogP contribution in [0.5, 0.6) is 5.88 Å². The van der Waals surface area contributed by atoms with Gasteiger partial charge in [0, 0.05) is 34.9 Å². The number of piperidine rings is 1. The van der Waals surface area contributed by atoms with Crippen LogP contribution in [0.4, 0.5) is 4.39 Å². The van der Waals surface area contributed by atoms with Crippen molar-refractivity contribution in [1.82, 2.24) is 19.4 Å². The third-order valence-electron chi connectivity index (χ3n) is 7.67. The van der Waals surface area contributed by atoms with Crippen LogP contribution in [0.1, 0.15) is 47.8 Å². The number of rotatable bonds is 8. The molecule has 1 unspecified atom stereocenters. The molecular weight excluding hydrogens is 503 g/mol. The summed E-state index contributed by atoms with van der Waals surface area (Å²) in [6.45, 7) is 6.74. The Morgan fingerprint density at radius 2 is 1.89 bits per heavy atom. The van der Waals surface area contributed by atoms with Gasteiger partial charge in [-0.25, -0.2) is 14.4 Å². The van der Waals surface area contributed by atoms with Crippen LogP contribution in [0.15, 0.2) is 54.6 Å². The highest BCUT2D eigenvalue weighted by molar-refractivity contribution is 6.30. The molecule has 0 aliphatic carbocycles. The largest absolute Gasteiger partial charge is 0.473 e. The third-order valence-corrected chi connectivity index (χ3v) is 7.90. The van der Waals surface area contributed by atoms with E-state index in [1.165, 1.54) is 17.1 Å². The Labute approximate surface area is 227 Å². The third kappa shape index (κ3) is 5.55. The van der Waals surface area contributed by atoms with Gasteiger partial charge in [0.2, 0.25) is 5.88 Å². The minimum Gasteiger partial charge on any atom is -0.473 e. The number of benzene rings is 2. The summed E-state index contributed by atoms with van der Waals surface area (Å²) in [6, 6.07) is 17.0. The standard InChI is InChI=1S/C30H32ClFN4O2/c1-20-5-8-28-27(15-20)33-29(36(28)17-24-11-14-37-24)18-35-12-9-21(10-13-35)26-3-2-4-30(34-26)38-19-22-6-7-23(31)16-25(22)32/h2-8,15-16,21,24H,9-14,17-19H2,1H3. The summed E-state index contributed by atoms with van der Waals surface area (Å²) < 4.78 is 28.0. The monoisotopic (exact) mass is 534 g/mol. The molecule has 6 nitrogen and oxygen atoms in total. The lowest BCUT2D eigenvalue weighted by molar-refractivity contribution is -0.0592. The van der Waals surface area contributed by atoms with E-state index in [1.807, 2.05) is 12.1 Å². The lowest BCUT2D eigenvalue weighted by atomic mass is 9.93. The molecule has 38 heavy (non-hydrogen) atoms. The van der Waals surface area contributed by atoms with Crippen molar-refractivity contribution >= 4 is 22.6 Å². The van der Waals surface area contributed by atoms with Gasteiger partial charge in [-0.2, -0.15) is 0 Å². The fourth-order valence-electron chi connectivity index (χ4n) is 5.36. The Kier molecular flexibility index (Phi) is 7.32. The topological polar surface area (TPSA) is 52.4 Å². The minimum absolute atomic E-state index is 0.115. The highest BCUT2D eigenvalue weighted by atomic mass is 35.5. The number of aryl methyl sites for hydroxylation is 1. The summed E-state index contributed by atoms with van der Waals surface area (Å²) in [5, 5.41) is 0.373. The Morgan fingerprint density at radius 3 is 2.66 bits per heavy atom. The van der Waals surface area contributed by atoms with Gasteiger partial charge in [0.15, 0.2) is 0 Å². The molecule has 1 atom stereocenters. The molecule has 2 aromatic heterocycles. The predicted octanol–water partition coefficient (Wildman–Crippen LogP) is 6.28. The molecule has 0 amide bonds. The second kappa shape index (κ2) is 11.0. The number of hydrogen-bond donors (Lipinski definition) is 0. The van der Waals surface area contributed by atoms with Crippen molar-refractivity contribution in [2.45, 2.75) is 57.9 Å². The normalized spacial score (nSPS) is 18.6. The van der Waals surface area contributed by atoms with Crippen molar-refractivity contribution in [2.75, 3.05) is 19.7 Å². The molecule has 2 aliphatic rings. The fourth-order valence-corrected chi connectivity index (χ4v) is 5.52. The zero-order chi connectivity index (χ0) is 26.1. The average molecular weight is 535 g/mol. The molecule has 0 N–H and O–H groups in total. The maximum atomic E-state index is 14.1. The van der Waals surface area contributed by atoms with Crippen molar-refractivity contribution in [2.24, 2.45) is 0 Å². The molecule has 6 rings (SSSR count). The molecule has 0 spiro atoms. The van der Waals surface area contributed by atoms with Crippen molar-refractivity contribution in [1.29, 1.82) is 0 Å². The average Bonchev–Trinajstić information content (AvgIpc) is 3.22. The van der Waals surface area contributed by atoms with Crippen molar-refractivity contribution in [3.63, 3.8) is 0 Å². The number of imidazole rings is 1. The van der Waals surface area contributed by atoms with Gasteiger partial charge in [0.1, 0.15) is 18.2 Å². The highest BCUT2D eigenvalue weighted by Crippen LogP contribution is 2.30. The van der Waals surface area contributed by atoms with Crippen LogP contribution in [0.3, 0.4) is 0 Å². The van der Waals surface area contributed by atoms with Gasteiger partial charge >= 0.3 is 0 Å². The van der Waals surface area contributed by atoms with E-state index in [0.717, 1.165) is 69.1 Å². The fraction of sp³-hybridized carbons (Fsp3) is 0.400. The van der Waals surface area contributed by atoms with Gasteiger partial charge in [0.05, 0.1) is 30.2 Å². The predicted molar refractivity (Wildman–Crippen MR) is 146 cm³/mol. The number of likely N-dealkylation sites (tertiary alicyclic amines) is 1. The van der Waals surface area contributed by atoms with E-state index >= 15 is 0 Å². The van der Waals surface area contributed by atoms with E-state index in [-0.39, 0.29) is 18.5 Å². The highest BCUT2D eigenvalue weighted by Gasteiger charge is 2.26. The lowest BCUT2D eigenvalue weighted by Gasteiger charge is -2.32. The van der Waals surface area contributed by atoms with Gasteiger partial charge in [-0.1, -0.05) is 29.8 Å². The molecular formula is C30H32ClFN4O2. The van der Waals surface area contributed by atoms with Crippen LogP contribution >= 0.6 is 11.6 Å². The molecule has 8 heteroatoms. The molecule has 2 fully saturated rings. The summed E-state index contributed by atoms with van der Waals surface area (Å²) >= 11 is 5.85. The van der Waals surface area contributed by atoms with Crippen LogP contribution in [0, 0.1) is 12.7 Å². The van der Waals surface area contributed by atoms with E-state index in [4.69, 9.17) is 31.0 Å². The molecule has 4 aromatic rings. The van der Waals surface area contributed by atoms with E-state index in [9.17, 15) is 4.39 Å². The van der Waals surface area contributed by atoms with Crippen molar-refractivity contribution < 1.29 is 13.9 Å². The summed E-state index contributed by atoms with van der Waals surface area (Å²) in [7, 11) is 0. The Hall–Kier alpha value is -3.00. The molecule has 0 bridgehead atoms. The summed E-state index contributed by atoms with van der Waals surface area (Å²) in [5.41, 5.74) is 4.97. The summed E-state index contributed by atoms with van der Waals surface area (Å²) in [4.78, 5) is 12.3. The molecule has 2 aliphatic heterocycles. The lowest BCUT2D eigenvalue weighted by Crippen LogP contribution is -2.35. The van der Waals surface area contributed by atoms with Crippen molar-refractivity contribution in [3.8, 4) is 5.88 Å². The van der Waals surface area contributed by atoms with Crippen LogP contribution in [0.2, 0.25) is 5.02 Å². The molecule has 0 saturated carbocycles. The quantitative estimate of drug-likeness (QED) is 0.266. The van der Waals surface area contributed by atoms with Gasteiger partial charge in [-0.15, -0.1) is 0 Å². The van der Waals surface area contributed by atoms with Crippen LogP contribution in [-0.4, -0.2) is 45.2 Å². The number of pyridine rings is 1. The van der Waals surface area contributed by atoms with Crippen LogP contribution in [0.25, 0.3) is 11.0 Å². The second-order valence-electron chi connectivity index (χ2n) is 10.4. The van der Waals surface area contributed by atoms with E-state index in [0.29, 0.717) is 22.4 Å². The van der Waals surface area contributed by atoms with E-state index in [1.54, 1.807) is 12.1 Å². The first kappa shape index (κ1) is 25.3. The van der Waals surface area contributed by atoms with E-state index < -0.39 is 0 Å². The number of nitrogens with zero attached hydrogens (tertiary/aromatic N) is 4.